The monoisotopic (exact) mass is 348 g/mol. The largest absolute Gasteiger partial charge is 0.444 e. The van der Waals surface area contributed by atoms with Gasteiger partial charge in [-0.3, -0.25) is 4.98 Å². The number of nitrogens with zero attached hydrogens (tertiary/aromatic N) is 1. The predicted octanol–water partition coefficient (Wildman–Crippen LogP) is 2.72. The van der Waals surface area contributed by atoms with Gasteiger partial charge in [0, 0.05) is 31.0 Å². The maximum Gasteiger partial charge on any atom is 0.407 e. The third kappa shape index (κ3) is 7.41. The quantitative estimate of drug-likeness (QED) is 0.780. The highest BCUT2D eigenvalue weighted by Gasteiger charge is 2.25. The normalized spacial score (nSPS) is 20.4. The molecule has 0 aromatic carbocycles. The second-order valence-corrected chi connectivity index (χ2v) is 7.38. The molecule has 1 heterocycles. The highest BCUT2D eigenvalue weighted by atomic mass is 16.6. The van der Waals surface area contributed by atoms with Crippen molar-refractivity contribution in [3.05, 3.63) is 30.1 Å². The number of amides is 3. The molecule has 0 aliphatic heterocycles. The summed E-state index contributed by atoms with van der Waals surface area (Å²) in [6.07, 6.45) is 6.36. The van der Waals surface area contributed by atoms with Gasteiger partial charge in [0.15, 0.2) is 0 Å². The van der Waals surface area contributed by atoms with Crippen molar-refractivity contribution in [3.8, 4) is 0 Å². The van der Waals surface area contributed by atoms with Crippen molar-refractivity contribution in [1.29, 1.82) is 0 Å². The molecule has 1 aliphatic rings. The number of hydrogen-bond acceptors (Lipinski definition) is 4. The first kappa shape index (κ1) is 19.0. The van der Waals surface area contributed by atoms with Crippen LogP contribution in [-0.2, 0) is 11.3 Å². The summed E-state index contributed by atoms with van der Waals surface area (Å²) < 4.78 is 5.27. The second-order valence-electron chi connectivity index (χ2n) is 7.38. The first-order chi connectivity index (χ1) is 11.8. The summed E-state index contributed by atoms with van der Waals surface area (Å²) in [4.78, 5) is 27.7. The molecule has 0 spiro atoms. The van der Waals surface area contributed by atoms with E-state index < -0.39 is 5.60 Å². The second kappa shape index (κ2) is 8.69. The molecule has 3 amide bonds. The van der Waals surface area contributed by atoms with Crippen LogP contribution in [0.1, 0.15) is 52.0 Å². The molecule has 0 unspecified atom stereocenters. The van der Waals surface area contributed by atoms with E-state index in [0.717, 1.165) is 31.2 Å². The minimum absolute atomic E-state index is 0.104. The summed E-state index contributed by atoms with van der Waals surface area (Å²) >= 11 is 0. The third-order valence-electron chi connectivity index (χ3n) is 3.99. The lowest BCUT2D eigenvalue weighted by Crippen LogP contribution is -2.47. The zero-order chi connectivity index (χ0) is 18.3. The first-order valence-corrected chi connectivity index (χ1v) is 8.74. The summed E-state index contributed by atoms with van der Waals surface area (Å²) in [5.41, 5.74) is 0.519. The van der Waals surface area contributed by atoms with Crippen molar-refractivity contribution in [2.24, 2.45) is 0 Å². The van der Waals surface area contributed by atoms with Crippen molar-refractivity contribution in [3.63, 3.8) is 0 Å². The zero-order valence-electron chi connectivity index (χ0n) is 15.2. The number of nitrogens with one attached hydrogen (secondary N) is 3. The molecule has 2 rings (SSSR count). The Morgan fingerprint density at radius 1 is 1.08 bits per heavy atom. The molecule has 0 atom stereocenters. The SMILES string of the molecule is CC(C)(C)OC(=O)NC1CCC(NC(=O)NCc2ccncc2)CC1. The number of alkyl carbamates (subject to hydrolysis) is 1. The lowest BCUT2D eigenvalue weighted by Gasteiger charge is -2.30. The number of carbonyl (C=O) groups excluding carboxylic acids is 2. The van der Waals surface area contributed by atoms with Crippen molar-refractivity contribution in [2.75, 3.05) is 0 Å². The van der Waals surface area contributed by atoms with Crippen LogP contribution in [0.3, 0.4) is 0 Å². The summed E-state index contributed by atoms with van der Waals surface area (Å²) in [5.74, 6) is 0. The molecule has 25 heavy (non-hydrogen) atoms. The van der Waals surface area contributed by atoms with E-state index in [2.05, 4.69) is 20.9 Å². The van der Waals surface area contributed by atoms with Crippen LogP contribution in [-0.4, -0.2) is 34.8 Å². The van der Waals surface area contributed by atoms with Gasteiger partial charge in [0.2, 0.25) is 0 Å². The third-order valence-corrected chi connectivity index (χ3v) is 3.99. The van der Waals surface area contributed by atoms with Crippen LogP contribution in [0, 0.1) is 0 Å². The van der Waals surface area contributed by atoms with E-state index in [1.807, 2.05) is 32.9 Å². The van der Waals surface area contributed by atoms with Gasteiger partial charge in [-0.2, -0.15) is 0 Å². The minimum Gasteiger partial charge on any atom is -0.444 e. The molecular weight excluding hydrogens is 320 g/mol. The number of aromatic nitrogens is 1. The van der Waals surface area contributed by atoms with Crippen LogP contribution in [0.15, 0.2) is 24.5 Å². The van der Waals surface area contributed by atoms with Crippen LogP contribution >= 0.6 is 0 Å². The molecule has 0 saturated heterocycles. The van der Waals surface area contributed by atoms with Crippen LogP contribution in [0.2, 0.25) is 0 Å². The van der Waals surface area contributed by atoms with E-state index in [1.54, 1.807) is 12.4 Å². The lowest BCUT2D eigenvalue weighted by molar-refractivity contribution is 0.0490. The molecule has 0 radical (unpaired) electrons. The highest BCUT2D eigenvalue weighted by molar-refractivity contribution is 5.74. The molecule has 1 aliphatic carbocycles. The topological polar surface area (TPSA) is 92.4 Å². The number of carbonyl (C=O) groups is 2. The van der Waals surface area contributed by atoms with Gasteiger partial charge in [-0.1, -0.05) is 0 Å². The number of urea groups is 1. The summed E-state index contributed by atoms with van der Waals surface area (Å²) in [7, 11) is 0. The van der Waals surface area contributed by atoms with Gasteiger partial charge in [0.1, 0.15) is 5.60 Å². The van der Waals surface area contributed by atoms with Crippen molar-refractivity contribution < 1.29 is 14.3 Å². The Labute approximate surface area is 148 Å². The summed E-state index contributed by atoms with van der Waals surface area (Å²) in [5, 5.41) is 8.74. The molecular formula is C18H28N4O3. The zero-order valence-corrected chi connectivity index (χ0v) is 15.2. The minimum atomic E-state index is -0.490. The van der Waals surface area contributed by atoms with E-state index >= 15 is 0 Å². The molecule has 1 aromatic heterocycles. The summed E-state index contributed by atoms with van der Waals surface area (Å²) in [6, 6.07) is 3.81. The van der Waals surface area contributed by atoms with E-state index in [0.29, 0.717) is 6.54 Å². The standard InChI is InChI=1S/C18H28N4O3/c1-18(2,3)25-17(24)22-15-6-4-14(5-7-15)21-16(23)20-12-13-8-10-19-11-9-13/h8-11,14-15H,4-7,12H2,1-3H3,(H,22,24)(H2,20,21,23). The molecule has 3 N–H and O–H groups in total. The molecule has 138 valence electrons. The van der Waals surface area contributed by atoms with E-state index in [9.17, 15) is 9.59 Å². The van der Waals surface area contributed by atoms with Crippen LogP contribution in [0.4, 0.5) is 9.59 Å². The van der Waals surface area contributed by atoms with Gasteiger partial charge in [0.25, 0.3) is 0 Å². The molecule has 7 heteroatoms. The van der Waals surface area contributed by atoms with Gasteiger partial charge >= 0.3 is 12.1 Å². The van der Waals surface area contributed by atoms with Gasteiger partial charge in [0.05, 0.1) is 0 Å². The average Bonchev–Trinajstić information content (AvgIpc) is 2.54. The number of rotatable bonds is 4. The van der Waals surface area contributed by atoms with Crippen LogP contribution in [0.5, 0.6) is 0 Å². The fraction of sp³-hybridized carbons (Fsp3) is 0.611. The van der Waals surface area contributed by atoms with E-state index in [-0.39, 0.29) is 24.2 Å². The first-order valence-electron chi connectivity index (χ1n) is 8.74. The smallest absolute Gasteiger partial charge is 0.407 e. The van der Waals surface area contributed by atoms with Crippen molar-refractivity contribution in [2.45, 2.75) is 70.7 Å². The maximum absolute atomic E-state index is 12.0. The Bertz CT molecular complexity index is 563. The van der Waals surface area contributed by atoms with E-state index in [4.69, 9.17) is 4.74 Å². The summed E-state index contributed by atoms with van der Waals surface area (Å²) in [6.45, 7) is 6.01. The number of hydrogen-bond donors (Lipinski definition) is 3. The average molecular weight is 348 g/mol. The number of pyridine rings is 1. The predicted molar refractivity (Wildman–Crippen MR) is 95.0 cm³/mol. The Morgan fingerprint density at radius 2 is 1.64 bits per heavy atom. The fourth-order valence-electron chi connectivity index (χ4n) is 2.78. The Balaban J connectivity index is 1.64. The molecule has 1 saturated carbocycles. The Kier molecular flexibility index (Phi) is 6.61. The van der Waals surface area contributed by atoms with Gasteiger partial charge < -0.3 is 20.7 Å². The van der Waals surface area contributed by atoms with Gasteiger partial charge in [-0.15, -0.1) is 0 Å². The van der Waals surface area contributed by atoms with E-state index in [1.165, 1.54) is 0 Å². The van der Waals surface area contributed by atoms with Crippen molar-refractivity contribution in [1.82, 2.24) is 20.9 Å². The molecule has 1 aromatic rings. The maximum atomic E-state index is 12.0. The van der Waals surface area contributed by atoms with Gasteiger partial charge in [-0.25, -0.2) is 9.59 Å². The highest BCUT2D eigenvalue weighted by Crippen LogP contribution is 2.19. The fourth-order valence-corrected chi connectivity index (χ4v) is 2.78. The molecule has 0 bridgehead atoms. The Hall–Kier alpha value is -2.31. The lowest BCUT2D eigenvalue weighted by atomic mass is 9.91. The van der Waals surface area contributed by atoms with Crippen molar-refractivity contribution >= 4 is 12.1 Å². The molecule has 7 nitrogen and oxygen atoms in total. The number of ether oxygens (including phenoxy) is 1. The van der Waals surface area contributed by atoms with Gasteiger partial charge in [-0.05, 0) is 64.2 Å². The Morgan fingerprint density at radius 3 is 2.20 bits per heavy atom. The molecule has 1 fully saturated rings. The van der Waals surface area contributed by atoms with Crippen LogP contribution in [0.25, 0.3) is 0 Å². The van der Waals surface area contributed by atoms with Crippen LogP contribution < -0.4 is 16.0 Å².